The second-order valence-electron chi connectivity index (χ2n) is 4.11. The van der Waals surface area contributed by atoms with Gasteiger partial charge in [0.15, 0.2) is 0 Å². The summed E-state index contributed by atoms with van der Waals surface area (Å²) in [5.41, 5.74) is 6.19. The number of hydrogen-bond acceptors (Lipinski definition) is 4. The van der Waals surface area contributed by atoms with E-state index in [0.717, 1.165) is 6.42 Å². The fourth-order valence-corrected chi connectivity index (χ4v) is 1.66. The molecule has 1 rings (SSSR count). The van der Waals surface area contributed by atoms with E-state index in [1.807, 2.05) is 6.92 Å². The number of nitrogen functional groups attached to an aromatic ring is 1. The SMILES string of the molecule is CCCNC(=O)CNC(=O)c1cc(Cl)c(N)cc1OC. The fraction of sp³-hybridized carbons (Fsp3) is 0.385. The zero-order chi connectivity index (χ0) is 15.1. The Hall–Kier alpha value is -1.95. The number of ether oxygens (including phenoxy) is 1. The number of hydrogen-bond donors (Lipinski definition) is 3. The average Bonchev–Trinajstić information content (AvgIpc) is 2.44. The first-order valence-electron chi connectivity index (χ1n) is 6.17. The van der Waals surface area contributed by atoms with Crippen molar-refractivity contribution >= 4 is 29.1 Å². The summed E-state index contributed by atoms with van der Waals surface area (Å²) in [7, 11) is 1.42. The van der Waals surface area contributed by atoms with Crippen LogP contribution in [0.1, 0.15) is 23.7 Å². The Morgan fingerprint density at radius 3 is 2.65 bits per heavy atom. The summed E-state index contributed by atoms with van der Waals surface area (Å²) in [5.74, 6) is -0.394. The Kier molecular flexibility index (Phi) is 6.11. The standard InChI is InChI=1S/C13H18ClN3O3/c1-3-4-16-12(18)7-17-13(19)8-5-9(14)10(15)6-11(8)20-2/h5-6H,3-4,7,15H2,1-2H3,(H,16,18)(H,17,19). The molecule has 0 saturated heterocycles. The van der Waals surface area contributed by atoms with Crippen molar-refractivity contribution in [3.8, 4) is 5.75 Å². The van der Waals surface area contributed by atoms with Gasteiger partial charge in [-0.2, -0.15) is 0 Å². The lowest BCUT2D eigenvalue weighted by Gasteiger charge is -2.11. The quantitative estimate of drug-likeness (QED) is 0.688. The van der Waals surface area contributed by atoms with Crippen molar-refractivity contribution in [2.45, 2.75) is 13.3 Å². The number of rotatable bonds is 6. The molecule has 0 aliphatic heterocycles. The van der Waals surface area contributed by atoms with E-state index >= 15 is 0 Å². The molecular weight excluding hydrogens is 282 g/mol. The second kappa shape index (κ2) is 7.59. The smallest absolute Gasteiger partial charge is 0.255 e. The van der Waals surface area contributed by atoms with Crippen LogP contribution in [0.15, 0.2) is 12.1 Å². The van der Waals surface area contributed by atoms with E-state index in [0.29, 0.717) is 18.0 Å². The van der Waals surface area contributed by atoms with Crippen LogP contribution in [-0.2, 0) is 4.79 Å². The molecule has 0 aromatic heterocycles. The van der Waals surface area contributed by atoms with Gasteiger partial charge in [0, 0.05) is 12.6 Å². The monoisotopic (exact) mass is 299 g/mol. The van der Waals surface area contributed by atoms with Crippen LogP contribution in [0.5, 0.6) is 5.75 Å². The molecule has 0 saturated carbocycles. The van der Waals surface area contributed by atoms with Gasteiger partial charge in [0.25, 0.3) is 5.91 Å². The van der Waals surface area contributed by atoms with Crippen molar-refractivity contribution in [2.24, 2.45) is 0 Å². The number of halogens is 1. The number of amides is 2. The lowest BCUT2D eigenvalue weighted by atomic mass is 10.1. The number of nitrogens with one attached hydrogen (secondary N) is 2. The van der Waals surface area contributed by atoms with Gasteiger partial charge in [0.05, 0.1) is 29.9 Å². The molecular formula is C13H18ClN3O3. The van der Waals surface area contributed by atoms with Gasteiger partial charge in [-0.15, -0.1) is 0 Å². The third-order valence-corrected chi connectivity index (χ3v) is 2.87. The van der Waals surface area contributed by atoms with E-state index in [2.05, 4.69) is 10.6 Å². The molecule has 0 fully saturated rings. The average molecular weight is 300 g/mol. The Morgan fingerprint density at radius 1 is 1.35 bits per heavy atom. The van der Waals surface area contributed by atoms with E-state index in [-0.39, 0.29) is 23.0 Å². The van der Waals surface area contributed by atoms with Crippen LogP contribution in [-0.4, -0.2) is 32.0 Å². The second-order valence-corrected chi connectivity index (χ2v) is 4.51. The van der Waals surface area contributed by atoms with Crippen LogP contribution in [0.4, 0.5) is 5.69 Å². The van der Waals surface area contributed by atoms with Gasteiger partial charge < -0.3 is 21.1 Å². The summed E-state index contributed by atoms with van der Waals surface area (Å²) < 4.78 is 5.07. The van der Waals surface area contributed by atoms with Crippen LogP contribution in [0.3, 0.4) is 0 Å². The number of carbonyl (C=O) groups is 2. The highest BCUT2D eigenvalue weighted by Gasteiger charge is 2.15. The molecule has 1 aromatic carbocycles. The van der Waals surface area contributed by atoms with Crippen LogP contribution in [0, 0.1) is 0 Å². The number of carbonyl (C=O) groups excluding carboxylic acids is 2. The van der Waals surface area contributed by atoms with Crippen LogP contribution < -0.4 is 21.1 Å². The van der Waals surface area contributed by atoms with Gasteiger partial charge in [-0.05, 0) is 12.5 Å². The van der Waals surface area contributed by atoms with Crippen molar-refractivity contribution in [1.29, 1.82) is 0 Å². The predicted molar refractivity (Wildman–Crippen MR) is 78.1 cm³/mol. The van der Waals surface area contributed by atoms with E-state index in [1.165, 1.54) is 19.2 Å². The zero-order valence-corrected chi connectivity index (χ0v) is 12.2. The minimum Gasteiger partial charge on any atom is -0.496 e. The summed E-state index contributed by atoms with van der Waals surface area (Å²) in [6.45, 7) is 2.41. The molecule has 0 unspecified atom stereocenters. The molecule has 0 atom stereocenters. The van der Waals surface area contributed by atoms with Gasteiger partial charge in [-0.25, -0.2) is 0 Å². The Bertz CT molecular complexity index is 506. The first-order chi connectivity index (χ1) is 9.49. The van der Waals surface area contributed by atoms with E-state index in [9.17, 15) is 9.59 Å². The molecule has 0 radical (unpaired) electrons. The maximum atomic E-state index is 12.0. The van der Waals surface area contributed by atoms with Gasteiger partial charge in [-0.1, -0.05) is 18.5 Å². The predicted octanol–water partition coefficient (Wildman–Crippen LogP) is 1.19. The molecule has 0 aliphatic rings. The van der Waals surface area contributed by atoms with Gasteiger partial charge >= 0.3 is 0 Å². The van der Waals surface area contributed by atoms with Gasteiger partial charge in [0.2, 0.25) is 5.91 Å². The van der Waals surface area contributed by atoms with E-state index in [1.54, 1.807) is 0 Å². The van der Waals surface area contributed by atoms with E-state index < -0.39 is 5.91 Å². The minimum atomic E-state index is -0.449. The highest BCUT2D eigenvalue weighted by Crippen LogP contribution is 2.28. The fourth-order valence-electron chi connectivity index (χ4n) is 1.50. The topological polar surface area (TPSA) is 93.5 Å². The van der Waals surface area contributed by atoms with Crippen molar-refractivity contribution in [3.05, 3.63) is 22.7 Å². The largest absolute Gasteiger partial charge is 0.496 e. The lowest BCUT2D eigenvalue weighted by Crippen LogP contribution is -2.37. The molecule has 6 nitrogen and oxygen atoms in total. The van der Waals surface area contributed by atoms with Crippen molar-refractivity contribution in [2.75, 3.05) is 25.9 Å². The Labute approximate surface area is 122 Å². The summed E-state index contributed by atoms with van der Waals surface area (Å²) in [6.07, 6.45) is 0.834. The van der Waals surface area contributed by atoms with Gasteiger partial charge in [-0.3, -0.25) is 9.59 Å². The summed E-state index contributed by atoms with van der Waals surface area (Å²) in [4.78, 5) is 23.4. The molecule has 2 amide bonds. The molecule has 0 bridgehead atoms. The van der Waals surface area contributed by atoms with Crippen molar-refractivity contribution < 1.29 is 14.3 Å². The van der Waals surface area contributed by atoms with E-state index in [4.69, 9.17) is 22.1 Å². The first-order valence-corrected chi connectivity index (χ1v) is 6.55. The maximum absolute atomic E-state index is 12.0. The molecule has 1 aromatic rings. The highest BCUT2D eigenvalue weighted by atomic mass is 35.5. The normalized spacial score (nSPS) is 9.95. The summed E-state index contributed by atoms with van der Waals surface area (Å²) in [5, 5.41) is 5.41. The number of anilines is 1. The van der Waals surface area contributed by atoms with Crippen molar-refractivity contribution in [3.63, 3.8) is 0 Å². The van der Waals surface area contributed by atoms with Gasteiger partial charge in [0.1, 0.15) is 5.75 Å². The molecule has 0 spiro atoms. The summed E-state index contributed by atoms with van der Waals surface area (Å²) >= 11 is 5.88. The highest BCUT2D eigenvalue weighted by molar-refractivity contribution is 6.33. The van der Waals surface area contributed by atoms with Crippen LogP contribution in [0.25, 0.3) is 0 Å². The van der Waals surface area contributed by atoms with Crippen LogP contribution >= 0.6 is 11.6 Å². The molecule has 110 valence electrons. The van der Waals surface area contributed by atoms with Crippen LogP contribution in [0.2, 0.25) is 5.02 Å². The third kappa shape index (κ3) is 4.31. The zero-order valence-electron chi connectivity index (χ0n) is 11.5. The maximum Gasteiger partial charge on any atom is 0.255 e. The molecule has 7 heteroatoms. The molecule has 0 aliphatic carbocycles. The number of benzene rings is 1. The molecule has 0 heterocycles. The summed E-state index contributed by atoms with van der Waals surface area (Å²) in [6, 6.07) is 2.88. The third-order valence-electron chi connectivity index (χ3n) is 2.55. The number of methoxy groups -OCH3 is 1. The number of nitrogens with two attached hydrogens (primary N) is 1. The Balaban J connectivity index is 2.72. The minimum absolute atomic E-state index is 0.107. The molecule has 4 N–H and O–H groups in total. The molecule has 20 heavy (non-hydrogen) atoms. The van der Waals surface area contributed by atoms with Crippen molar-refractivity contribution in [1.82, 2.24) is 10.6 Å². The lowest BCUT2D eigenvalue weighted by molar-refractivity contribution is -0.120. The first kappa shape index (κ1) is 16.1. The Morgan fingerprint density at radius 2 is 2.05 bits per heavy atom.